The van der Waals surface area contributed by atoms with E-state index >= 15 is 0 Å². The van der Waals surface area contributed by atoms with Crippen LogP contribution in [0.5, 0.6) is 0 Å². The second kappa shape index (κ2) is 9.82. The van der Waals surface area contributed by atoms with E-state index in [2.05, 4.69) is 10.4 Å². The van der Waals surface area contributed by atoms with E-state index in [4.69, 9.17) is 9.47 Å². The smallest absolute Gasteiger partial charge is 0.359 e. The quantitative estimate of drug-likeness (QED) is 0.459. The van der Waals surface area contributed by atoms with Crippen molar-refractivity contribution in [3.63, 3.8) is 0 Å². The molecule has 1 unspecified atom stereocenters. The monoisotopic (exact) mass is 580 g/mol. The number of carbonyl (C=O) groups excluding carboxylic acids is 3. The lowest BCUT2D eigenvalue weighted by Gasteiger charge is -2.41. The Morgan fingerprint density at radius 2 is 1.77 bits per heavy atom. The molecule has 3 heterocycles. The molecule has 0 radical (unpaired) electrons. The van der Waals surface area contributed by atoms with E-state index in [0.29, 0.717) is 31.4 Å². The number of ether oxygens (including phenoxy) is 2. The fraction of sp³-hybridized carbons (Fsp3) is 0.786. The molecule has 2 fully saturated rings. The Morgan fingerprint density at radius 1 is 1.15 bits per heavy atom. The van der Waals surface area contributed by atoms with Gasteiger partial charge in [-0.15, -0.1) is 0 Å². The zero-order valence-electron chi connectivity index (χ0n) is 25.2. The molecule has 2 aliphatic heterocycles. The number of nitrogens with one attached hydrogen (secondary N) is 1. The molecule has 1 N–H and O–H groups in total. The Morgan fingerprint density at radius 3 is 2.33 bits per heavy atom. The van der Waals surface area contributed by atoms with E-state index in [1.54, 1.807) is 53.5 Å². The van der Waals surface area contributed by atoms with Gasteiger partial charge in [0.1, 0.15) is 11.3 Å². The third-order valence-corrected chi connectivity index (χ3v) is 12.2. The molecule has 1 aromatic rings. The predicted octanol–water partition coefficient (Wildman–Crippen LogP) is 2.28. The first-order valence-corrected chi connectivity index (χ1v) is 15.5. The third-order valence-electron chi connectivity index (χ3n) is 8.80. The minimum absolute atomic E-state index is 0.0532. The van der Waals surface area contributed by atoms with Crippen LogP contribution < -0.4 is 5.32 Å². The molecule has 1 saturated heterocycles. The van der Waals surface area contributed by atoms with Gasteiger partial charge >= 0.3 is 11.9 Å². The van der Waals surface area contributed by atoms with Crippen molar-refractivity contribution in [2.24, 2.45) is 18.9 Å². The van der Waals surface area contributed by atoms with Gasteiger partial charge in [-0.3, -0.25) is 14.3 Å². The van der Waals surface area contributed by atoms with E-state index < -0.39 is 54.2 Å². The highest BCUT2D eigenvalue weighted by Crippen LogP contribution is 2.53. The molecule has 1 aromatic heterocycles. The van der Waals surface area contributed by atoms with Crippen molar-refractivity contribution >= 4 is 27.7 Å². The normalized spacial score (nSPS) is 24.0. The number of hydrogen-bond donors (Lipinski definition) is 1. The maximum Gasteiger partial charge on any atom is 0.359 e. The van der Waals surface area contributed by atoms with Gasteiger partial charge in [-0.1, -0.05) is 0 Å². The lowest BCUT2D eigenvalue weighted by atomic mass is 9.77. The number of sulfone groups is 1. The lowest BCUT2D eigenvalue weighted by molar-refractivity contribution is -0.163. The molecule has 11 nitrogen and oxygen atoms in total. The van der Waals surface area contributed by atoms with E-state index in [1.807, 2.05) is 13.8 Å². The van der Waals surface area contributed by atoms with Crippen LogP contribution in [-0.2, 0) is 37.6 Å². The number of aromatic nitrogens is 2. The largest absolute Gasteiger partial charge is 0.461 e. The van der Waals surface area contributed by atoms with Crippen LogP contribution in [0.15, 0.2) is 0 Å². The molecule has 12 heteroatoms. The van der Waals surface area contributed by atoms with E-state index in [-0.39, 0.29) is 37.0 Å². The van der Waals surface area contributed by atoms with Gasteiger partial charge < -0.3 is 19.7 Å². The minimum Gasteiger partial charge on any atom is -0.461 e. The average molecular weight is 581 g/mol. The molecule has 224 valence electrons. The molecular formula is C28H44N4O7S. The van der Waals surface area contributed by atoms with Crippen molar-refractivity contribution in [3.8, 4) is 0 Å². The first kappa shape index (κ1) is 30.5. The van der Waals surface area contributed by atoms with Crippen LogP contribution >= 0.6 is 0 Å². The maximum absolute atomic E-state index is 14.4. The standard InChI is InChI=1S/C28H44N4O7S/c1-10-38-24(35)20-17-11-14-32(22(33)21(17)31(9)30-20)16-28(12-13-28)40(36,37)27(7,8)18-15-29-26(5,6)19(18)23(34)39-25(2,3)4/h18-19,29H,10-16H2,1-9H3/t18?,19-/m0/s1. The van der Waals surface area contributed by atoms with Gasteiger partial charge in [0.05, 0.1) is 22.0 Å². The molecule has 1 aliphatic carbocycles. The molecule has 0 spiro atoms. The van der Waals surface area contributed by atoms with Crippen LogP contribution in [-0.4, -0.2) is 87.8 Å². The summed E-state index contributed by atoms with van der Waals surface area (Å²) in [6.07, 6.45) is 1.26. The molecule has 1 saturated carbocycles. The Hall–Kier alpha value is -2.47. The zero-order valence-corrected chi connectivity index (χ0v) is 26.0. The second-order valence-corrected chi connectivity index (χ2v) is 16.4. The zero-order chi connectivity index (χ0) is 30.1. The van der Waals surface area contributed by atoms with Crippen molar-refractivity contribution in [1.29, 1.82) is 0 Å². The van der Waals surface area contributed by atoms with Crippen LogP contribution in [0.1, 0.15) is 94.8 Å². The average Bonchev–Trinajstić information content (AvgIpc) is 3.42. The van der Waals surface area contributed by atoms with Crippen molar-refractivity contribution in [3.05, 3.63) is 17.0 Å². The summed E-state index contributed by atoms with van der Waals surface area (Å²) in [4.78, 5) is 40.9. The predicted molar refractivity (Wildman–Crippen MR) is 149 cm³/mol. The summed E-state index contributed by atoms with van der Waals surface area (Å²) in [5, 5.41) is 7.60. The summed E-state index contributed by atoms with van der Waals surface area (Å²) < 4.78 is 38.8. The van der Waals surface area contributed by atoms with Gasteiger partial charge in [0.2, 0.25) is 0 Å². The summed E-state index contributed by atoms with van der Waals surface area (Å²) in [6, 6.07) is 0. The van der Waals surface area contributed by atoms with Crippen LogP contribution in [0, 0.1) is 11.8 Å². The Kier molecular flexibility index (Phi) is 7.48. The van der Waals surface area contributed by atoms with Crippen molar-refractivity contribution in [1.82, 2.24) is 20.0 Å². The highest BCUT2D eigenvalue weighted by molar-refractivity contribution is 7.94. The number of hydrogen-bond acceptors (Lipinski definition) is 9. The van der Waals surface area contributed by atoms with Gasteiger partial charge in [0.25, 0.3) is 5.91 Å². The van der Waals surface area contributed by atoms with Gasteiger partial charge in [-0.05, 0) is 74.7 Å². The first-order valence-electron chi connectivity index (χ1n) is 14.0. The van der Waals surface area contributed by atoms with E-state index in [9.17, 15) is 22.8 Å². The molecule has 1 amide bonds. The molecular weight excluding hydrogens is 536 g/mol. The topological polar surface area (TPSA) is 137 Å². The van der Waals surface area contributed by atoms with Gasteiger partial charge in [0, 0.05) is 43.7 Å². The molecule has 40 heavy (non-hydrogen) atoms. The van der Waals surface area contributed by atoms with Gasteiger partial charge in [-0.25, -0.2) is 13.2 Å². The number of amides is 1. The summed E-state index contributed by atoms with van der Waals surface area (Å²) in [5.74, 6) is -2.51. The van der Waals surface area contributed by atoms with Crippen molar-refractivity contribution in [2.45, 2.75) is 95.3 Å². The Balaban J connectivity index is 1.60. The molecule has 3 aliphatic rings. The summed E-state index contributed by atoms with van der Waals surface area (Å²) in [7, 11) is -2.24. The van der Waals surface area contributed by atoms with Crippen LogP contribution in [0.4, 0.5) is 0 Å². The van der Waals surface area contributed by atoms with Gasteiger partial charge in [0.15, 0.2) is 15.5 Å². The Bertz CT molecular complexity index is 1320. The first-order chi connectivity index (χ1) is 18.3. The van der Waals surface area contributed by atoms with Crippen LogP contribution in [0.3, 0.4) is 0 Å². The summed E-state index contributed by atoms with van der Waals surface area (Å²) in [5.41, 5.74) is -0.394. The fourth-order valence-corrected chi connectivity index (χ4v) is 9.12. The minimum atomic E-state index is -3.83. The SMILES string of the molecule is CCOC(=O)c1nn(C)c2c1CCN(CC1(S(=O)(=O)C(C)(C)C3CNC(C)(C)[C@@H]3C(=O)OC(C)(C)C)CC1)C2=O. The number of esters is 2. The summed E-state index contributed by atoms with van der Waals surface area (Å²) in [6.45, 7) is 15.2. The van der Waals surface area contributed by atoms with Crippen molar-refractivity contribution in [2.75, 3.05) is 26.2 Å². The molecule has 0 aromatic carbocycles. The van der Waals surface area contributed by atoms with Crippen LogP contribution in [0.25, 0.3) is 0 Å². The van der Waals surface area contributed by atoms with Crippen LogP contribution in [0.2, 0.25) is 0 Å². The Labute approximate surface area is 237 Å². The van der Waals surface area contributed by atoms with E-state index in [0.717, 1.165) is 0 Å². The highest BCUT2D eigenvalue weighted by atomic mass is 32.2. The highest BCUT2D eigenvalue weighted by Gasteiger charge is 2.66. The van der Waals surface area contributed by atoms with Crippen molar-refractivity contribution < 1.29 is 32.3 Å². The molecule has 4 rings (SSSR count). The number of carbonyl (C=O) groups is 3. The number of fused-ring (bicyclic) bond motifs is 1. The lowest BCUT2D eigenvalue weighted by Crippen LogP contribution is -2.55. The number of rotatable bonds is 8. The summed E-state index contributed by atoms with van der Waals surface area (Å²) >= 11 is 0. The van der Waals surface area contributed by atoms with Gasteiger partial charge in [-0.2, -0.15) is 5.10 Å². The number of nitrogens with zero attached hydrogens (tertiary/aromatic N) is 3. The molecule has 2 atom stereocenters. The fourth-order valence-electron chi connectivity index (χ4n) is 6.42. The van der Waals surface area contributed by atoms with E-state index in [1.165, 1.54) is 4.68 Å². The maximum atomic E-state index is 14.4. The third kappa shape index (κ3) is 4.95. The second-order valence-electron chi connectivity index (χ2n) is 13.5. The molecule has 0 bridgehead atoms. The number of aryl methyl sites for hydroxylation is 1.